The number of anilines is 1. The van der Waals surface area contributed by atoms with E-state index in [1.165, 1.54) is 30.0 Å². The highest BCUT2D eigenvalue weighted by molar-refractivity contribution is 7.99. The van der Waals surface area contributed by atoms with Gasteiger partial charge in [-0.1, -0.05) is 23.4 Å². The molecule has 1 N–H and O–H groups in total. The first-order valence-corrected chi connectivity index (χ1v) is 8.98. The predicted octanol–water partition coefficient (Wildman–Crippen LogP) is 3.17. The monoisotopic (exact) mass is 404 g/mol. The summed E-state index contributed by atoms with van der Waals surface area (Å²) in [5.74, 6) is 0.231. The van der Waals surface area contributed by atoms with Gasteiger partial charge in [-0.25, -0.2) is 0 Å². The van der Waals surface area contributed by atoms with Gasteiger partial charge < -0.3 is 9.88 Å². The number of thioether (sulfide) groups is 1. The number of nitro benzene ring substituents is 1. The van der Waals surface area contributed by atoms with Crippen LogP contribution in [0.1, 0.15) is 0 Å². The van der Waals surface area contributed by atoms with Crippen molar-refractivity contribution in [1.82, 2.24) is 19.7 Å². The normalized spacial score (nSPS) is 10.6. The molecule has 0 aliphatic heterocycles. The molecule has 3 aromatic rings. The van der Waals surface area contributed by atoms with Crippen molar-refractivity contribution in [1.29, 1.82) is 0 Å². The summed E-state index contributed by atoms with van der Waals surface area (Å²) in [6, 6.07) is 7.71. The summed E-state index contributed by atoms with van der Waals surface area (Å²) in [6.07, 6.45) is 3.33. The summed E-state index contributed by atoms with van der Waals surface area (Å²) in [6.45, 7) is 0. The van der Waals surface area contributed by atoms with Gasteiger partial charge in [0.15, 0.2) is 11.0 Å². The molecule has 138 valence electrons. The van der Waals surface area contributed by atoms with E-state index in [9.17, 15) is 14.9 Å². The van der Waals surface area contributed by atoms with Crippen molar-refractivity contribution in [3.05, 3.63) is 57.9 Å². The predicted molar refractivity (Wildman–Crippen MR) is 102 cm³/mol. The molecule has 0 atom stereocenters. The number of hydrogen-bond acceptors (Lipinski definition) is 7. The van der Waals surface area contributed by atoms with Gasteiger partial charge in [0.25, 0.3) is 5.69 Å². The minimum Gasteiger partial charge on any atom is -0.320 e. The number of halogens is 1. The fraction of sp³-hybridized carbons (Fsp3) is 0.125. The summed E-state index contributed by atoms with van der Waals surface area (Å²) in [4.78, 5) is 26.7. The highest BCUT2D eigenvalue weighted by Gasteiger charge is 2.18. The molecule has 2 heterocycles. The molecule has 3 rings (SSSR count). The third kappa shape index (κ3) is 4.41. The molecule has 2 aromatic heterocycles. The van der Waals surface area contributed by atoms with Crippen LogP contribution in [0, 0.1) is 10.1 Å². The molecule has 0 saturated heterocycles. The molecule has 27 heavy (non-hydrogen) atoms. The SMILES string of the molecule is Cn1c(SCC(=O)Nc2ccc(Cl)cc2[N+](=O)[O-])nnc1-c1cccnc1. The van der Waals surface area contributed by atoms with Crippen LogP contribution in [0.5, 0.6) is 0 Å². The molecule has 0 unspecified atom stereocenters. The van der Waals surface area contributed by atoms with Crippen LogP contribution in [0.15, 0.2) is 47.9 Å². The van der Waals surface area contributed by atoms with Crippen LogP contribution < -0.4 is 5.32 Å². The number of hydrogen-bond donors (Lipinski definition) is 1. The summed E-state index contributed by atoms with van der Waals surface area (Å²) in [7, 11) is 1.78. The van der Waals surface area contributed by atoms with Crippen LogP contribution in [0.25, 0.3) is 11.4 Å². The number of benzene rings is 1. The van der Waals surface area contributed by atoms with Crippen LogP contribution in [0.3, 0.4) is 0 Å². The molecule has 11 heteroatoms. The van der Waals surface area contributed by atoms with Crippen LogP contribution in [-0.4, -0.2) is 36.3 Å². The second-order valence-electron chi connectivity index (χ2n) is 5.36. The van der Waals surface area contributed by atoms with Gasteiger partial charge in [0.05, 0.1) is 10.7 Å². The highest BCUT2D eigenvalue weighted by atomic mass is 35.5. The lowest BCUT2D eigenvalue weighted by Gasteiger charge is -2.06. The van der Waals surface area contributed by atoms with Crippen molar-refractivity contribution in [2.45, 2.75) is 5.16 Å². The van der Waals surface area contributed by atoms with E-state index in [1.807, 2.05) is 6.07 Å². The Morgan fingerprint density at radius 1 is 1.37 bits per heavy atom. The summed E-state index contributed by atoms with van der Waals surface area (Å²) < 4.78 is 1.75. The van der Waals surface area contributed by atoms with E-state index in [1.54, 1.807) is 30.1 Å². The van der Waals surface area contributed by atoms with E-state index >= 15 is 0 Å². The first-order chi connectivity index (χ1) is 13.0. The number of rotatable bonds is 6. The molecular formula is C16H13ClN6O3S. The molecule has 0 fully saturated rings. The van der Waals surface area contributed by atoms with E-state index in [0.717, 1.165) is 5.56 Å². The number of carbonyl (C=O) groups is 1. The zero-order chi connectivity index (χ0) is 19.4. The number of carbonyl (C=O) groups excluding carboxylic acids is 1. The van der Waals surface area contributed by atoms with Crippen molar-refractivity contribution in [3.8, 4) is 11.4 Å². The number of nitrogens with one attached hydrogen (secondary N) is 1. The van der Waals surface area contributed by atoms with Crippen LogP contribution in [-0.2, 0) is 11.8 Å². The van der Waals surface area contributed by atoms with E-state index < -0.39 is 10.8 Å². The third-order valence-corrected chi connectivity index (χ3v) is 4.77. The second kappa shape index (κ2) is 8.14. The molecule has 1 aromatic carbocycles. The van der Waals surface area contributed by atoms with Crippen molar-refractivity contribution < 1.29 is 9.72 Å². The standard InChI is InChI=1S/C16H13ClN6O3S/c1-22-15(10-3-2-6-18-8-10)20-21-16(22)27-9-14(24)19-12-5-4-11(17)7-13(12)23(25)26/h2-8H,9H2,1H3,(H,19,24). The van der Waals surface area contributed by atoms with Gasteiger partial charge in [0, 0.05) is 36.1 Å². The van der Waals surface area contributed by atoms with Gasteiger partial charge in [0.2, 0.25) is 5.91 Å². The van der Waals surface area contributed by atoms with Crippen molar-refractivity contribution in [3.63, 3.8) is 0 Å². The zero-order valence-corrected chi connectivity index (χ0v) is 15.6. The largest absolute Gasteiger partial charge is 0.320 e. The lowest BCUT2D eigenvalue weighted by Crippen LogP contribution is -2.15. The molecule has 0 spiro atoms. The maximum Gasteiger partial charge on any atom is 0.294 e. The highest BCUT2D eigenvalue weighted by Crippen LogP contribution is 2.28. The Bertz CT molecular complexity index is 995. The van der Waals surface area contributed by atoms with Crippen molar-refractivity contribution in [2.24, 2.45) is 7.05 Å². The summed E-state index contributed by atoms with van der Waals surface area (Å²) in [5.41, 5.74) is 0.628. The maximum atomic E-state index is 12.2. The van der Waals surface area contributed by atoms with E-state index in [0.29, 0.717) is 11.0 Å². The van der Waals surface area contributed by atoms with Crippen LogP contribution >= 0.6 is 23.4 Å². The fourth-order valence-electron chi connectivity index (χ4n) is 2.26. The summed E-state index contributed by atoms with van der Waals surface area (Å²) in [5, 5.41) is 22.5. The fourth-order valence-corrected chi connectivity index (χ4v) is 3.14. The number of nitrogens with zero attached hydrogens (tertiary/aromatic N) is 5. The first-order valence-electron chi connectivity index (χ1n) is 7.62. The Labute approximate surface area is 162 Å². The number of pyridine rings is 1. The van der Waals surface area contributed by atoms with Gasteiger partial charge in [0.1, 0.15) is 5.69 Å². The Morgan fingerprint density at radius 2 is 2.19 bits per heavy atom. The van der Waals surface area contributed by atoms with Gasteiger partial charge in [-0.3, -0.25) is 19.9 Å². The topological polar surface area (TPSA) is 116 Å². The minimum absolute atomic E-state index is 0.0127. The lowest BCUT2D eigenvalue weighted by atomic mass is 10.2. The third-order valence-electron chi connectivity index (χ3n) is 3.52. The number of aromatic nitrogens is 4. The molecule has 0 aliphatic rings. The average molecular weight is 405 g/mol. The Kier molecular flexibility index (Phi) is 5.67. The Hall–Kier alpha value is -2.98. The number of amides is 1. The van der Waals surface area contributed by atoms with Gasteiger partial charge in [-0.15, -0.1) is 10.2 Å². The number of nitro groups is 1. The van der Waals surface area contributed by atoms with E-state index in [2.05, 4.69) is 20.5 Å². The molecule has 0 radical (unpaired) electrons. The lowest BCUT2D eigenvalue weighted by molar-refractivity contribution is -0.383. The average Bonchev–Trinajstić information content (AvgIpc) is 3.02. The molecular weight excluding hydrogens is 392 g/mol. The Morgan fingerprint density at radius 3 is 2.89 bits per heavy atom. The second-order valence-corrected chi connectivity index (χ2v) is 6.74. The zero-order valence-electron chi connectivity index (χ0n) is 14.0. The molecule has 9 nitrogen and oxygen atoms in total. The smallest absolute Gasteiger partial charge is 0.294 e. The van der Waals surface area contributed by atoms with Crippen molar-refractivity contribution in [2.75, 3.05) is 11.1 Å². The molecule has 1 amide bonds. The maximum absolute atomic E-state index is 12.2. The van der Waals surface area contributed by atoms with E-state index in [4.69, 9.17) is 11.6 Å². The molecule has 0 saturated carbocycles. The van der Waals surface area contributed by atoms with Crippen molar-refractivity contribution >= 4 is 40.6 Å². The minimum atomic E-state index is -0.600. The van der Waals surface area contributed by atoms with Crippen LogP contribution in [0.4, 0.5) is 11.4 Å². The van der Waals surface area contributed by atoms with Gasteiger partial charge in [-0.2, -0.15) is 0 Å². The summed E-state index contributed by atoms with van der Waals surface area (Å²) >= 11 is 6.93. The Balaban J connectivity index is 1.67. The van der Waals surface area contributed by atoms with E-state index in [-0.39, 0.29) is 22.2 Å². The van der Waals surface area contributed by atoms with Gasteiger partial charge >= 0.3 is 0 Å². The van der Waals surface area contributed by atoms with Crippen LogP contribution in [0.2, 0.25) is 5.02 Å². The first kappa shape index (κ1) is 18.8. The molecule has 0 aliphatic carbocycles. The molecule has 0 bridgehead atoms. The quantitative estimate of drug-likeness (QED) is 0.381. The van der Waals surface area contributed by atoms with Gasteiger partial charge in [-0.05, 0) is 24.3 Å².